The van der Waals surface area contributed by atoms with E-state index < -0.39 is 0 Å². The molecule has 29 heavy (non-hydrogen) atoms. The van der Waals surface area contributed by atoms with Gasteiger partial charge in [-0.1, -0.05) is 36.4 Å². The Balaban J connectivity index is 1.76. The summed E-state index contributed by atoms with van der Waals surface area (Å²) in [6, 6.07) is 18.0. The fraction of sp³-hybridized carbons (Fsp3) is 0.391. The van der Waals surface area contributed by atoms with Crippen LogP contribution in [0.2, 0.25) is 0 Å². The van der Waals surface area contributed by atoms with Gasteiger partial charge < -0.3 is 20.1 Å². The van der Waals surface area contributed by atoms with E-state index in [2.05, 4.69) is 23.5 Å². The summed E-state index contributed by atoms with van der Waals surface area (Å²) in [5, 5.41) is 22.2. The topological polar surface area (TPSA) is 85.6 Å². The van der Waals surface area contributed by atoms with Crippen LogP contribution in [0, 0.1) is 11.3 Å². The Morgan fingerprint density at radius 2 is 1.97 bits per heavy atom. The minimum absolute atomic E-state index is 0.0241. The van der Waals surface area contributed by atoms with Gasteiger partial charge in [0.15, 0.2) is 0 Å². The summed E-state index contributed by atoms with van der Waals surface area (Å²) in [5.41, 5.74) is 3.80. The van der Waals surface area contributed by atoms with Crippen LogP contribution in [-0.2, 0) is 9.53 Å². The Kier molecular flexibility index (Phi) is 6.99. The fourth-order valence-corrected chi connectivity index (χ4v) is 3.97. The second-order valence-electron chi connectivity index (χ2n) is 7.27. The van der Waals surface area contributed by atoms with E-state index >= 15 is 0 Å². The van der Waals surface area contributed by atoms with Crippen LogP contribution in [0.4, 0.5) is 0 Å². The van der Waals surface area contributed by atoms with Crippen molar-refractivity contribution < 1.29 is 14.6 Å². The Labute approximate surface area is 171 Å². The smallest absolute Gasteiger partial charge is 0.248 e. The van der Waals surface area contributed by atoms with Gasteiger partial charge in [0.25, 0.3) is 0 Å². The van der Waals surface area contributed by atoms with Crippen molar-refractivity contribution in [1.82, 2.24) is 10.2 Å². The first-order chi connectivity index (χ1) is 14.1. The van der Waals surface area contributed by atoms with Crippen LogP contribution in [0.5, 0.6) is 0 Å². The lowest BCUT2D eigenvalue weighted by atomic mass is 9.77. The summed E-state index contributed by atoms with van der Waals surface area (Å²) < 4.78 is 4.97. The molecule has 1 fully saturated rings. The molecule has 0 bridgehead atoms. The van der Waals surface area contributed by atoms with Crippen LogP contribution in [0.15, 0.2) is 48.5 Å². The minimum Gasteiger partial charge on any atom is -0.395 e. The number of nitriles is 1. The highest BCUT2D eigenvalue weighted by Crippen LogP contribution is 2.34. The zero-order valence-electron chi connectivity index (χ0n) is 16.8. The maximum Gasteiger partial charge on any atom is 0.248 e. The molecule has 6 heteroatoms. The number of nitrogens with one attached hydrogen (secondary N) is 1. The number of aliphatic hydroxyl groups is 1. The van der Waals surface area contributed by atoms with E-state index in [1.807, 2.05) is 37.3 Å². The van der Waals surface area contributed by atoms with Gasteiger partial charge in [-0.05, 0) is 35.7 Å². The third kappa shape index (κ3) is 4.65. The summed E-state index contributed by atoms with van der Waals surface area (Å²) in [4.78, 5) is 14.0. The second-order valence-corrected chi connectivity index (χ2v) is 7.27. The molecule has 1 aliphatic heterocycles. The summed E-state index contributed by atoms with van der Waals surface area (Å²) in [5.74, 6) is 0.0969. The number of methoxy groups -OCH3 is 1. The van der Waals surface area contributed by atoms with Gasteiger partial charge in [-0.3, -0.25) is 4.79 Å². The van der Waals surface area contributed by atoms with E-state index in [0.717, 1.165) is 16.7 Å². The molecule has 1 heterocycles. The molecule has 152 valence electrons. The molecule has 2 aromatic rings. The van der Waals surface area contributed by atoms with Gasteiger partial charge >= 0.3 is 0 Å². The Morgan fingerprint density at radius 1 is 1.21 bits per heavy atom. The van der Waals surface area contributed by atoms with E-state index in [9.17, 15) is 9.90 Å². The summed E-state index contributed by atoms with van der Waals surface area (Å²) in [7, 11) is 1.52. The third-order valence-corrected chi connectivity index (χ3v) is 5.53. The number of aliphatic hydroxyl groups excluding tert-OH is 1. The lowest BCUT2D eigenvalue weighted by molar-refractivity contribution is -0.135. The molecule has 2 aromatic carbocycles. The van der Waals surface area contributed by atoms with Crippen LogP contribution < -0.4 is 5.32 Å². The van der Waals surface area contributed by atoms with Crippen LogP contribution in [0.1, 0.15) is 24.0 Å². The van der Waals surface area contributed by atoms with Crippen molar-refractivity contribution in [3.05, 3.63) is 59.7 Å². The molecular formula is C23H27N3O3. The number of hydrogen-bond donors (Lipinski definition) is 2. The SMILES string of the molecule is CCN(C[C@@H]1N[C@@H](CO)[C@@H]1c1ccc(-c2cccc(C#N)c2)cc1)C(=O)COC. The van der Waals surface area contributed by atoms with Crippen molar-refractivity contribution in [1.29, 1.82) is 5.26 Å². The Bertz CT molecular complexity index is 876. The molecular weight excluding hydrogens is 366 g/mol. The molecule has 1 aliphatic rings. The minimum atomic E-state index is -0.0317. The maximum atomic E-state index is 12.2. The second kappa shape index (κ2) is 9.66. The van der Waals surface area contributed by atoms with E-state index in [1.54, 1.807) is 11.0 Å². The zero-order chi connectivity index (χ0) is 20.8. The van der Waals surface area contributed by atoms with Crippen LogP contribution in [-0.4, -0.2) is 61.4 Å². The highest BCUT2D eigenvalue weighted by Gasteiger charge is 2.41. The molecule has 1 saturated heterocycles. The first-order valence-corrected chi connectivity index (χ1v) is 9.85. The average molecular weight is 393 g/mol. The van der Waals surface area contributed by atoms with Crippen molar-refractivity contribution in [2.45, 2.75) is 24.9 Å². The number of nitrogens with zero attached hydrogens (tertiary/aromatic N) is 2. The van der Waals surface area contributed by atoms with Gasteiger partial charge in [-0.25, -0.2) is 0 Å². The number of rotatable bonds is 8. The summed E-state index contributed by atoms with van der Waals surface area (Å²) >= 11 is 0. The molecule has 3 rings (SSSR count). The largest absolute Gasteiger partial charge is 0.395 e. The fourth-order valence-electron chi connectivity index (χ4n) is 3.97. The van der Waals surface area contributed by atoms with Gasteiger partial charge in [-0.2, -0.15) is 5.26 Å². The average Bonchev–Trinajstić information content (AvgIpc) is 2.74. The molecule has 0 saturated carbocycles. The van der Waals surface area contributed by atoms with Crippen LogP contribution >= 0.6 is 0 Å². The van der Waals surface area contributed by atoms with Gasteiger partial charge in [0.1, 0.15) is 6.61 Å². The number of carbonyl (C=O) groups is 1. The number of hydrogen-bond acceptors (Lipinski definition) is 5. The number of ether oxygens (including phenoxy) is 1. The molecule has 0 radical (unpaired) electrons. The molecule has 0 spiro atoms. The molecule has 2 N–H and O–H groups in total. The van der Waals surface area contributed by atoms with Crippen molar-refractivity contribution >= 4 is 5.91 Å². The predicted molar refractivity (Wildman–Crippen MR) is 111 cm³/mol. The maximum absolute atomic E-state index is 12.2. The van der Waals surface area contributed by atoms with Crippen molar-refractivity contribution in [2.75, 3.05) is 33.4 Å². The highest BCUT2D eigenvalue weighted by atomic mass is 16.5. The van der Waals surface area contributed by atoms with Gasteiger partial charge in [-0.15, -0.1) is 0 Å². The monoisotopic (exact) mass is 393 g/mol. The zero-order valence-corrected chi connectivity index (χ0v) is 16.8. The van der Waals surface area contributed by atoms with Crippen LogP contribution in [0.3, 0.4) is 0 Å². The van der Waals surface area contributed by atoms with Crippen molar-refractivity contribution in [3.8, 4) is 17.2 Å². The number of likely N-dealkylation sites (N-methyl/N-ethyl adjacent to an activating group) is 1. The number of benzene rings is 2. The van der Waals surface area contributed by atoms with Gasteiger partial charge in [0.05, 0.1) is 18.2 Å². The lowest BCUT2D eigenvalue weighted by Gasteiger charge is -2.47. The summed E-state index contributed by atoms with van der Waals surface area (Å²) in [6.45, 7) is 3.27. The standard InChI is InChI=1S/C23H27N3O3/c1-3-26(22(28)15-29-2)13-20-23(21(14-27)25-20)18-9-7-17(8-10-18)19-6-4-5-16(11-19)12-24/h4-11,20-21,23,25,27H,3,13-15H2,1-2H3/t20-,21-,23+/m0/s1. The lowest BCUT2D eigenvalue weighted by Crippen LogP contribution is -2.65. The predicted octanol–water partition coefficient (Wildman–Crippen LogP) is 2.14. The van der Waals surface area contributed by atoms with Gasteiger partial charge in [0.2, 0.25) is 5.91 Å². The quantitative estimate of drug-likeness (QED) is 0.718. The normalized spacial score (nSPS) is 20.6. The molecule has 0 aromatic heterocycles. The van der Waals surface area contributed by atoms with E-state index in [-0.39, 0.29) is 37.1 Å². The molecule has 0 unspecified atom stereocenters. The summed E-state index contributed by atoms with van der Waals surface area (Å²) in [6.07, 6.45) is 0. The van der Waals surface area contributed by atoms with E-state index in [1.165, 1.54) is 7.11 Å². The third-order valence-electron chi connectivity index (χ3n) is 5.53. The molecule has 6 nitrogen and oxygen atoms in total. The van der Waals surface area contributed by atoms with Crippen molar-refractivity contribution in [2.24, 2.45) is 0 Å². The van der Waals surface area contributed by atoms with E-state index in [0.29, 0.717) is 18.7 Å². The molecule has 3 atom stereocenters. The van der Waals surface area contributed by atoms with Crippen molar-refractivity contribution in [3.63, 3.8) is 0 Å². The molecule has 1 amide bonds. The van der Waals surface area contributed by atoms with Gasteiger partial charge in [0, 0.05) is 38.2 Å². The first kappa shape index (κ1) is 21.0. The first-order valence-electron chi connectivity index (χ1n) is 9.85. The Morgan fingerprint density at radius 3 is 2.59 bits per heavy atom. The highest BCUT2D eigenvalue weighted by molar-refractivity contribution is 5.77. The van der Waals surface area contributed by atoms with E-state index in [4.69, 9.17) is 10.00 Å². The molecule has 0 aliphatic carbocycles. The number of carbonyl (C=O) groups excluding carboxylic acids is 1. The Hall–Kier alpha value is -2.72. The van der Waals surface area contributed by atoms with Crippen LogP contribution in [0.25, 0.3) is 11.1 Å². The number of amides is 1.